The number of Topliss-reactive ketones (excluding diaryl/α,β-unsaturated/α-hetero) is 1. The summed E-state index contributed by atoms with van der Waals surface area (Å²) in [6, 6.07) is 17.7. The Kier molecular flexibility index (Phi) is 7.63. The van der Waals surface area contributed by atoms with Crippen LogP contribution in [-0.2, 0) is 4.74 Å². The van der Waals surface area contributed by atoms with Crippen LogP contribution in [-0.4, -0.2) is 50.1 Å². The predicted molar refractivity (Wildman–Crippen MR) is 112 cm³/mol. The van der Waals surface area contributed by atoms with Crippen LogP contribution in [0.1, 0.15) is 42.1 Å². The summed E-state index contributed by atoms with van der Waals surface area (Å²) < 4.78 is 11.2. The molecule has 1 saturated heterocycles. The fourth-order valence-corrected chi connectivity index (χ4v) is 3.40. The van der Waals surface area contributed by atoms with E-state index >= 15 is 0 Å². The molecule has 0 aliphatic carbocycles. The molecular formula is C24H31NO3. The van der Waals surface area contributed by atoms with Crippen LogP contribution in [0.2, 0.25) is 0 Å². The summed E-state index contributed by atoms with van der Waals surface area (Å²) in [5.74, 6) is 1.42. The van der Waals surface area contributed by atoms with Crippen LogP contribution in [0, 0.1) is 5.92 Å². The van der Waals surface area contributed by atoms with E-state index in [0.717, 1.165) is 56.1 Å². The molecule has 0 amide bonds. The van der Waals surface area contributed by atoms with Gasteiger partial charge in [-0.3, -0.25) is 9.69 Å². The molecule has 0 radical (unpaired) electrons. The van der Waals surface area contributed by atoms with Crippen molar-refractivity contribution in [3.05, 3.63) is 65.7 Å². The second-order valence-corrected chi connectivity index (χ2v) is 7.80. The molecule has 0 saturated carbocycles. The van der Waals surface area contributed by atoms with E-state index in [9.17, 15) is 4.79 Å². The minimum atomic E-state index is -0.174. The molecule has 1 atom stereocenters. The van der Waals surface area contributed by atoms with Crippen LogP contribution in [0.25, 0.3) is 0 Å². The normalized spacial score (nSPS) is 16.1. The summed E-state index contributed by atoms with van der Waals surface area (Å²) >= 11 is 0. The number of carbonyl (C=O) groups excluding carboxylic acids is 1. The van der Waals surface area contributed by atoms with E-state index in [1.54, 1.807) is 0 Å². The standard InChI is InChI=1S/C24H31NO3/c1-19(2)12-15-28-22-10-8-21(9-11-22)24(26)23(20-6-4-3-5-7-20)18-25-13-16-27-17-14-25/h3-11,19,23H,12-18H2,1-2H3/t23-/m0/s1. The van der Waals surface area contributed by atoms with Gasteiger partial charge >= 0.3 is 0 Å². The third-order valence-electron chi connectivity index (χ3n) is 5.17. The van der Waals surface area contributed by atoms with E-state index in [-0.39, 0.29) is 11.7 Å². The quantitative estimate of drug-likeness (QED) is 0.603. The van der Waals surface area contributed by atoms with Crippen molar-refractivity contribution in [2.75, 3.05) is 39.5 Å². The molecule has 1 aliphatic heterocycles. The summed E-state index contributed by atoms with van der Waals surface area (Å²) in [6.07, 6.45) is 1.02. The van der Waals surface area contributed by atoms with Gasteiger partial charge in [0.2, 0.25) is 0 Å². The van der Waals surface area contributed by atoms with Crippen LogP contribution in [0.15, 0.2) is 54.6 Å². The SMILES string of the molecule is CC(C)CCOc1ccc(C(=O)[C@@H](CN2CCOCC2)c2ccccc2)cc1. The fraction of sp³-hybridized carbons (Fsp3) is 0.458. The number of rotatable bonds is 9. The molecule has 1 fully saturated rings. The summed E-state index contributed by atoms with van der Waals surface area (Å²) in [5, 5.41) is 0. The summed E-state index contributed by atoms with van der Waals surface area (Å²) in [4.78, 5) is 15.7. The maximum Gasteiger partial charge on any atom is 0.171 e. The topological polar surface area (TPSA) is 38.8 Å². The highest BCUT2D eigenvalue weighted by atomic mass is 16.5. The predicted octanol–water partition coefficient (Wildman–Crippen LogP) is 4.41. The average Bonchev–Trinajstić information content (AvgIpc) is 2.73. The summed E-state index contributed by atoms with van der Waals surface area (Å²) in [7, 11) is 0. The molecule has 0 N–H and O–H groups in total. The Hall–Kier alpha value is -2.17. The third-order valence-corrected chi connectivity index (χ3v) is 5.17. The second kappa shape index (κ2) is 10.4. The minimum Gasteiger partial charge on any atom is -0.494 e. The van der Waals surface area contributed by atoms with Gasteiger partial charge in [-0.15, -0.1) is 0 Å². The Morgan fingerprint density at radius 2 is 1.71 bits per heavy atom. The molecule has 4 heteroatoms. The van der Waals surface area contributed by atoms with Crippen molar-refractivity contribution in [1.82, 2.24) is 4.90 Å². The highest BCUT2D eigenvalue weighted by Gasteiger charge is 2.25. The van der Waals surface area contributed by atoms with Crippen LogP contribution in [0.5, 0.6) is 5.75 Å². The Bertz CT molecular complexity index is 721. The third kappa shape index (κ3) is 5.91. The first kappa shape index (κ1) is 20.6. The number of ether oxygens (including phenoxy) is 2. The van der Waals surface area contributed by atoms with Gasteiger partial charge in [0.05, 0.1) is 25.7 Å². The van der Waals surface area contributed by atoms with E-state index in [0.29, 0.717) is 12.5 Å². The van der Waals surface area contributed by atoms with Gasteiger partial charge in [0, 0.05) is 25.2 Å². The summed E-state index contributed by atoms with van der Waals surface area (Å²) in [6.45, 7) is 9.01. The molecule has 0 unspecified atom stereocenters. The molecule has 0 spiro atoms. The molecule has 1 aliphatic rings. The molecule has 1 heterocycles. The number of morpholine rings is 1. The van der Waals surface area contributed by atoms with Crippen molar-refractivity contribution in [3.63, 3.8) is 0 Å². The van der Waals surface area contributed by atoms with E-state index in [4.69, 9.17) is 9.47 Å². The van der Waals surface area contributed by atoms with Gasteiger partial charge in [-0.1, -0.05) is 44.2 Å². The first-order chi connectivity index (χ1) is 13.6. The Morgan fingerprint density at radius 3 is 2.36 bits per heavy atom. The van der Waals surface area contributed by atoms with Gasteiger partial charge in [-0.25, -0.2) is 0 Å². The van der Waals surface area contributed by atoms with Crippen molar-refractivity contribution in [2.24, 2.45) is 5.92 Å². The zero-order chi connectivity index (χ0) is 19.8. The number of nitrogens with zero attached hydrogens (tertiary/aromatic N) is 1. The van der Waals surface area contributed by atoms with Crippen molar-refractivity contribution in [2.45, 2.75) is 26.2 Å². The molecule has 2 aromatic rings. The lowest BCUT2D eigenvalue weighted by molar-refractivity contribution is 0.0345. The smallest absolute Gasteiger partial charge is 0.171 e. The largest absolute Gasteiger partial charge is 0.494 e. The van der Waals surface area contributed by atoms with Gasteiger partial charge in [-0.05, 0) is 42.2 Å². The Labute approximate surface area is 168 Å². The minimum absolute atomic E-state index is 0.159. The molecule has 2 aromatic carbocycles. The first-order valence-corrected chi connectivity index (χ1v) is 10.3. The van der Waals surface area contributed by atoms with Crippen molar-refractivity contribution < 1.29 is 14.3 Å². The lowest BCUT2D eigenvalue weighted by Crippen LogP contribution is -2.40. The number of hydrogen-bond acceptors (Lipinski definition) is 4. The number of ketones is 1. The van der Waals surface area contributed by atoms with Crippen LogP contribution >= 0.6 is 0 Å². The average molecular weight is 382 g/mol. The Balaban J connectivity index is 1.71. The molecule has 4 nitrogen and oxygen atoms in total. The molecule has 3 rings (SSSR count). The van der Waals surface area contributed by atoms with E-state index < -0.39 is 0 Å². The summed E-state index contributed by atoms with van der Waals surface area (Å²) in [5.41, 5.74) is 1.80. The molecule has 0 aromatic heterocycles. The molecular weight excluding hydrogens is 350 g/mol. The Morgan fingerprint density at radius 1 is 1.04 bits per heavy atom. The number of hydrogen-bond donors (Lipinski definition) is 0. The van der Waals surface area contributed by atoms with Crippen LogP contribution in [0.4, 0.5) is 0 Å². The van der Waals surface area contributed by atoms with Gasteiger partial charge in [-0.2, -0.15) is 0 Å². The first-order valence-electron chi connectivity index (χ1n) is 10.3. The number of carbonyl (C=O) groups is 1. The van der Waals surface area contributed by atoms with Gasteiger partial charge in [0.25, 0.3) is 0 Å². The van der Waals surface area contributed by atoms with Crippen molar-refractivity contribution in [1.29, 1.82) is 0 Å². The zero-order valence-electron chi connectivity index (χ0n) is 17.0. The van der Waals surface area contributed by atoms with Crippen LogP contribution < -0.4 is 4.74 Å². The lowest BCUT2D eigenvalue weighted by Gasteiger charge is -2.30. The van der Waals surface area contributed by atoms with E-state index in [1.165, 1.54) is 0 Å². The van der Waals surface area contributed by atoms with E-state index in [1.807, 2.05) is 54.6 Å². The molecule has 0 bridgehead atoms. The maximum atomic E-state index is 13.3. The van der Waals surface area contributed by atoms with Crippen molar-refractivity contribution >= 4 is 5.78 Å². The van der Waals surface area contributed by atoms with Gasteiger partial charge < -0.3 is 9.47 Å². The second-order valence-electron chi connectivity index (χ2n) is 7.80. The highest BCUT2D eigenvalue weighted by molar-refractivity contribution is 6.01. The maximum absolute atomic E-state index is 13.3. The number of benzene rings is 2. The zero-order valence-corrected chi connectivity index (χ0v) is 17.0. The van der Waals surface area contributed by atoms with Crippen molar-refractivity contribution in [3.8, 4) is 5.75 Å². The van der Waals surface area contributed by atoms with Gasteiger partial charge in [0.1, 0.15) is 5.75 Å². The highest BCUT2D eigenvalue weighted by Crippen LogP contribution is 2.24. The molecule has 150 valence electrons. The van der Waals surface area contributed by atoms with E-state index in [2.05, 4.69) is 18.7 Å². The van der Waals surface area contributed by atoms with Crippen LogP contribution in [0.3, 0.4) is 0 Å². The monoisotopic (exact) mass is 381 g/mol. The lowest BCUT2D eigenvalue weighted by atomic mass is 9.90. The van der Waals surface area contributed by atoms with Gasteiger partial charge in [0.15, 0.2) is 5.78 Å². The molecule has 28 heavy (non-hydrogen) atoms. The fourth-order valence-electron chi connectivity index (χ4n) is 3.40.